The monoisotopic (exact) mass is 313 g/mol. The summed E-state index contributed by atoms with van der Waals surface area (Å²) in [5.41, 5.74) is 3.58. The number of hydrogen-bond acceptors (Lipinski definition) is 3. The molecule has 0 atom stereocenters. The van der Waals surface area contributed by atoms with Crippen molar-refractivity contribution in [2.45, 2.75) is 32.7 Å². The number of aromatic nitrogens is 2. The Balaban J connectivity index is 1.81. The van der Waals surface area contributed by atoms with Gasteiger partial charge in [-0.3, -0.25) is 9.89 Å². The standard InChI is InChI=1S/C17H19N3O3/c1-10(2)14-8-15(19-18-14)16(21)20-6-5-11-3-4-12(17(22)23)7-13(11)9-20/h3-4,7-8,10H,5-6,9H2,1-2H3,(H,18,19)(H,22,23). The first-order valence-electron chi connectivity index (χ1n) is 7.65. The Kier molecular flexibility index (Phi) is 3.90. The van der Waals surface area contributed by atoms with Crippen LogP contribution in [0.4, 0.5) is 0 Å². The molecule has 6 nitrogen and oxygen atoms in total. The second kappa shape index (κ2) is 5.87. The summed E-state index contributed by atoms with van der Waals surface area (Å²) >= 11 is 0. The van der Waals surface area contributed by atoms with Crippen LogP contribution in [-0.4, -0.2) is 38.6 Å². The quantitative estimate of drug-likeness (QED) is 0.911. The zero-order valence-electron chi connectivity index (χ0n) is 13.2. The van der Waals surface area contributed by atoms with E-state index in [0.29, 0.717) is 18.8 Å². The number of carboxylic acids is 1. The molecule has 0 fully saturated rings. The number of fused-ring (bicyclic) bond motifs is 1. The first-order chi connectivity index (χ1) is 11.0. The summed E-state index contributed by atoms with van der Waals surface area (Å²) in [6.45, 7) is 5.10. The highest BCUT2D eigenvalue weighted by atomic mass is 16.4. The minimum atomic E-state index is -0.954. The minimum absolute atomic E-state index is 0.125. The molecule has 120 valence electrons. The zero-order valence-corrected chi connectivity index (χ0v) is 13.2. The van der Waals surface area contributed by atoms with Crippen molar-refractivity contribution in [3.63, 3.8) is 0 Å². The Hall–Kier alpha value is -2.63. The molecule has 1 aromatic heterocycles. The van der Waals surface area contributed by atoms with Crippen molar-refractivity contribution in [3.05, 3.63) is 52.3 Å². The largest absolute Gasteiger partial charge is 0.478 e. The number of carbonyl (C=O) groups is 2. The van der Waals surface area contributed by atoms with Crippen molar-refractivity contribution >= 4 is 11.9 Å². The molecule has 2 aromatic rings. The summed E-state index contributed by atoms with van der Waals surface area (Å²) in [5, 5.41) is 16.1. The summed E-state index contributed by atoms with van der Waals surface area (Å²) in [6.07, 6.45) is 0.725. The Labute approximate surface area is 134 Å². The van der Waals surface area contributed by atoms with E-state index in [1.807, 2.05) is 19.9 Å². The highest BCUT2D eigenvalue weighted by Gasteiger charge is 2.24. The van der Waals surface area contributed by atoms with Crippen LogP contribution in [-0.2, 0) is 13.0 Å². The maximum absolute atomic E-state index is 12.6. The lowest BCUT2D eigenvalue weighted by Gasteiger charge is -2.28. The summed E-state index contributed by atoms with van der Waals surface area (Å²) in [7, 11) is 0. The second-order valence-corrected chi connectivity index (χ2v) is 6.13. The maximum atomic E-state index is 12.6. The molecule has 1 aliphatic rings. The van der Waals surface area contributed by atoms with E-state index >= 15 is 0 Å². The van der Waals surface area contributed by atoms with Crippen LogP contribution < -0.4 is 0 Å². The fraction of sp³-hybridized carbons (Fsp3) is 0.353. The molecule has 0 saturated carbocycles. The zero-order chi connectivity index (χ0) is 16.6. The third kappa shape index (κ3) is 2.97. The summed E-state index contributed by atoms with van der Waals surface area (Å²) in [4.78, 5) is 25.4. The van der Waals surface area contributed by atoms with Gasteiger partial charge in [-0.05, 0) is 41.7 Å². The van der Waals surface area contributed by atoms with Crippen molar-refractivity contribution in [3.8, 4) is 0 Å². The van der Waals surface area contributed by atoms with E-state index < -0.39 is 5.97 Å². The van der Waals surface area contributed by atoms with Crippen LogP contribution in [0, 0.1) is 0 Å². The average molecular weight is 313 g/mol. The van der Waals surface area contributed by atoms with Gasteiger partial charge in [0.2, 0.25) is 0 Å². The first kappa shape index (κ1) is 15.3. The molecule has 0 spiro atoms. The van der Waals surface area contributed by atoms with Crippen LogP contribution in [0.25, 0.3) is 0 Å². The Bertz CT molecular complexity index is 764. The van der Waals surface area contributed by atoms with Gasteiger partial charge in [0.15, 0.2) is 0 Å². The molecule has 1 aromatic carbocycles. The molecular formula is C17H19N3O3. The molecule has 1 aliphatic heterocycles. The summed E-state index contributed by atoms with van der Waals surface area (Å²) < 4.78 is 0. The van der Waals surface area contributed by atoms with E-state index in [9.17, 15) is 9.59 Å². The molecule has 0 bridgehead atoms. The van der Waals surface area contributed by atoms with Gasteiger partial charge < -0.3 is 10.0 Å². The molecule has 6 heteroatoms. The van der Waals surface area contributed by atoms with Crippen LogP contribution >= 0.6 is 0 Å². The van der Waals surface area contributed by atoms with Gasteiger partial charge in [-0.1, -0.05) is 19.9 Å². The second-order valence-electron chi connectivity index (χ2n) is 6.13. The van der Waals surface area contributed by atoms with Crippen LogP contribution in [0.2, 0.25) is 0 Å². The van der Waals surface area contributed by atoms with Crippen LogP contribution in [0.15, 0.2) is 24.3 Å². The van der Waals surface area contributed by atoms with E-state index in [2.05, 4.69) is 10.2 Å². The molecule has 0 saturated heterocycles. The molecule has 1 amide bonds. The normalized spacial score (nSPS) is 14.0. The predicted molar refractivity (Wildman–Crippen MR) is 84.5 cm³/mol. The van der Waals surface area contributed by atoms with E-state index in [4.69, 9.17) is 5.11 Å². The number of rotatable bonds is 3. The lowest BCUT2D eigenvalue weighted by atomic mass is 9.97. The number of aromatic amines is 1. The van der Waals surface area contributed by atoms with Crippen LogP contribution in [0.1, 0.15) is 57.4 Å². The Morgan fingerprint density at radius 1 is 1.26 bits per heavy atom. The van der Waals surface area contributed by atoms with E-state index in [1.165, 1.54) is 0 Å². The lowest BCUT2D eigenvalue weighted by Crippen LogP contribution is -2.36. The SMILES string of the molecule is CC(C)c1cc(C(=O)N2CCc3ccc(C(=O)O)cc3C2)n[nH]1. The highest BCUT2D eigenvalue weighted by Crippen LogP contribution is 2.22. The van der Waals surface area contributed by atoms with Gasteiger partial charge in [-0.25, -0.2) is 4.79 Å². The van der Waals surface area contributed by atoms with Crippen molar-refractivity contribution in [1.82, 2.24) is 15.1 Å². The topological polar surface area (TPSA) is 86.3 Å². The van der Waals surface area contributed by atoms with Gasteiger partial charge in [0.1, 0.15) is 5.69 Å². The number of nitrogens with one attached hydrogen (secondary N) is 1. The van der Waals surface area contributed by atoms with Crippen molar-refractivity contribution in [2.75, 3.05) is 6.54 Å². The van der Waals surface area contributed by atoms with Crippen LogP contribution in [0.3, 0.4) is 0 Å². The third-order valence-electron chi connectivity index (χ3n) is 4.19. The average Bonchev–Trinajstić information content (AvgIpc) is 3.03. The predicted octanol–water partition coefficient (Wildman–Crippen LogP) is 2.43. The van der Waals surface area contributed by atoms with Gasteiger partial charge in [0, 0.05) is 18.8 Å². The minimum Gasteiger partial charge on any atom is -0.478 e. The smallest absolute Gasteiger partial charge is 0.335 e. The molecule has 0 unspecified atom stereocenters. The number of amides is 1. The van der Waals surface area contributed by atoms with Gasteiger partial charge >= 0.3 is 5.97 Å². The molecule has 2 heterocycles. The maximum Gasteiger partial charge on any atom is 0.335 e. The van der Waals surface area contributed by atoms with E-state index in [1.54, 1.807) is 23.1 Å². The molecule has 23 heavy (non-hydrogen) atoms. The summed E-state index contributed by atoms with van der Waals surface area (Å²) in [6, 6.07) is 6.89. The van der Waals surface area contributed by atoms with Gasteiger partial charge in [-0.2, -0.15) is 5.10 Å². The van der Waals surface area contributed by atoms with Gasteiger partial charge in [0.25, 0.3) is 5.91 Å². The van der Waals surface area contributed by atoms with Gasteiger partial charge in [-0.15, -0.1) is 0 Å². The highest BCUT2D eigenvalue weighted by molar-refractivity contribution is 5.92. The summed E-state index contributed by atoms with van der Waals surface area (Å²) in [5.74, 6) is -0.797. The molecular weight excluding hydrogens is 294 g/mol. The number of benzene rings is 1. The molecule has 2 N–H and O–H groups in total. The number of carbonyl (C=O) groups excluding carboxylic acids is 1. The van der Waals surface area contributed by atoms with Crippen molar-refractivity contribution in [2.24, 2.45) is 0 Å². The van der Waals surface area contributed by atoms with E-state index in [0.717, 1.165) is 23.2 Å². The van der Waals surface area contributed by atoms with Crippen molar-refractivity contribution < 1.29 is 14.7 Å². The third-order valence-corrected chi connectivity index (χ3v) is 4.19. The molecule has 0 radical (unpaired) electrons. The Morgan fingerprint density at radius 3 is 2.70 bits per heavy atom. The van der Waals surface area contributed by atoms with Crippen molar-refractivity contribution in [1.29, 1.82) is 0 Å². The lowest BCUT2D eigenvalue weighted by molar-refractivity contribution is 0.0696. The Morgan fingerprint density at radius 2 is 2.04 bits per heavy atom. The fourth-order valence-electron chi connectivity index (χ4n) is 2.77. The molecule has 3 rings (SSSR count). The fourth-order valence-corrected chi connectivity index (χ4v) is 2.77. The molecule has 0 aliphatic carbocycles. The number of H-pyrrole nitrogens is 1. The van der Waals surface area contributed by atoms with Crippen LogP contribution in [0.5, 0.6) is 0 Å². The number of aromatic carboxylic acids is 1. The first-order valence-corrected chi connectivity index (χ1v) is 7.65. The number of hydrogen-bond donors (Lipinski definition) is 2. The number of nitrogens with zero attached hydrogens (tertiary/aromatic N) is 2. The van der Waals surface area contributed by atoms with Gasteiger partial charge in [0.05, 0.1) is 5.56 Å². The number of carboxylic acid groups (broad SMARTS) is 1. The van der Waals surface area contributed by atoms with E-state index in [-0.39, 0.29) is 17.4 Å².